The van der Waals surface area contributed by atoms with Gasteiger partial charge in [0.1, 0.15) is 0 Å². The summed E-state index contributed by atoms with van der Waals surface area (Å²) < 4.78 is 28.2. The zero-order valence-electron chi connectivity index (χ0n) is 16.8. The molecule has 0 radical (unpaired) electrons. The summed E-state index contributed by atoms with van der Waals surface area (Å²) in [4.78, 5) is 16.8. The van der Waals surface area contributed by atoms with Crippen LogP contribution in [0, 0.1) is 25.5 Å². The highest BCUT2D eigenvalue weighted by atomic mass is 19.2. The van der Waals surface area contributed by atoms with Crippen LogP contribution in [0.5, 0.6) is 0 Å². The van der Waals surface area contributed by atoms with Crippen LogP contribution in [0.2, 0.25) is 0 Å². The van der Waals surface area contributed by atoms with Gasteiger partial charge in [-0.1, -0.05) is 6.07 Å². The van der Waals surface area contributed by atoms with Crippen LogP contribution in [-0.4, -0.2) is 62.1 Å². The molecular weight excluding hydrogens is 390 g/mol. The predicted octanol–water partition coefficient (Wildman–Crippen LogP) is 2.52. The number of hydrogen-bond donors (Lipinski definition) is 0. The summed E-state index contributed by atoms with van der Waals surface area (Å²) in [7, 11) is 0. The van der Waals surface area contributed by atoms with Gasteiger partial charge < -0.3 is 4.90 Å². The summed E-state index contributed by atoms with van der Waals surface area (Å²) in [6, 6.07) is 9.31. The number of tetrazole rings is 1. The highest BCUT2D eigenvalue weighted by Crippen LogP contribution is 2.16. The van der Waals surface area contributed by atoms with E-state index in [0.717, 1.165) is 23.3 Å². The van der Waals surface area contributed by atoms with Gasteiger partial charge in [0.05, 0.1) is 12.2 Å². The van der Waals surface area contributed by atoms with Crippen molar-refractivity contribution in [1.29, 1.82) is 0 Å². The summed E-state index contributed by atoms with van der Waals surface area (Å²) in [6.45, 7) is 6.99. The Hall–Kier alpha value is -3.20. The minimum absolute atomic E-state index is 0.0318. The number of nitrogens with zero attached hydrogens (tertiary/aromatic N) is 6. The van der Waals surface area contributed by atoms with E-state index in [2.05, 4.69) is 20.4 Å². The van der Waals surface area contributed by atoms with E-state index in [1.54, 1.807) is 0 Å². The monoisotopic (exact) mass is 412 g/mol. The number of carbonyl (C=O) groups excluding carboxylic acids is 1. The third-order valence-corrected chi connectivity index (χ3v) is 5.46. The molecule has 0 aliphatic carbocycles. The van der Waals surface area contributed by atoms with Crippen LogP contribution >= 0.6 is 0 Å². The topological polar surface area (TPSA) is 67.2 Å². The number of benzene rings is 2. The molecule has 1 aliphatic heterocycles. The minimum atomic E-state index is -0.951. The fraction of sp³-hybridized carbons (Fsp3) is 0.333. The molecule has 1 aliphatic rings. The van der Waals surface area contributed by atoms with Crippen LogP contribution < -0.4 is 0 Å². The van der Waals surface area contributed by atoms with Crippen molar-refractivity contribution >= 4 is 5.91 Å². The summed E-state index contributed by atoms with van der Waals surface area (Å²) in [5.41, 5.74) is 3.32. The standard InChI is InChI=1S/C21H22F2N6O/c1-14-3-4-16(11-15(14)2)21(30)28-9-7-27(8-10-28)13-20-24-25-26-29(20)17-5-6-18(22)19(23)12-17/h3-6,11-12H,7-10,13H2,1-2H3. The molecule has 1 amide bonds. The number of halogens is 2. The molecular formula is C21H22F2N6O. The van der Waals surface area contributed by atoms with Gasteiger partial charge in [-0.3, -0.25) is 9.69 Å². The molecule has 156 valence electrons. The Bertz CT molecular complexity index is 1080. The Labute approximate surface area is 172 Å². The van der Waals surface area contributed by atoms with Gasteiger partial charge in [-0.2, -0.15) is 4.68 Å². The van der Waals surface area contributed by atoms with E-state index in [0.29, 0.717) is 49.8 Å². The van der Waals surface area contributed by atoms with Crippen molar-refractivity contribution in [1.82, 2.24) is 30.0 Å². The van der Waals surface area contributed by atoms with Gasteiger partial charge in [0.25, 0.3) is 5.91 Å². The molecule has 0 bridgehead atoms. The van der Waals surface area contributed by atoms with Crippen molar-refractivity contribution < 1.29 is 13.6 Å². The largest absolute Gasteiger partial charge is 0.336 e. The maximum absolute atomic E-state index is 13.6. The number of aromatic nitrogens is 4. The van der Waals surface area contributed by atoms with Crippen LogP contribution in [0.1, 0.15) is 27.3 Å². The molecule has 2 heterocycles. The first-order chi connectivity index (χ1) is 14.4. The van der Waals surface area contributed by atoms with Crippen LogP contribution in [0.4, 0.5) is 8.78 Å². The van der Waals surface area contributed by atoms with Crippen molar-refractivity contribution in [3.63, 3.8) is 0 Å². The van der Waals surface area contributed by atoms with E-state index >= 15 is 0 Å². The third kappa shape index (κ3) is 4.06. The zero-order valence-corrected chi connectivity index (χ0v) is 16.8. The van der Waals surface area contributed by atoms with E-state index in [4.69, 9.17) is 0 Å². The van der Waals surface area contributed by atoms with E-state index < -0.39 is 11.6 Å². The Balaban J connectivity index is 1.40. The average Bonchev–Trinajstić information content (AvgIpc) is 3.20. The molecule has 1 saturated heterocycles. The molecule has 30 heavy (non-hydrogen) atoms. The molecule has 1 aromatic heterocycles. The predicted molar refractivity (Wildman–Crippen MR) is 106 cm³/mol. The van der Waals surface area contributed by atoms with Gasteiger partial charge >= 0.3 is 0 Å². The number of rotatable bonds is 4. The summed E-state index contributed by atoms with van der Waals surface area (Å²) in [5.74, 6) is -1.32. The average molecular weight is 412 g/mol. The van der Waals surface area contributed by atoms with Gasteiger partial charge in [-0.25, -0.2) is 8.78 Å². The van der Waals surface area contributed by atoms with E-state index in [-0.39, 0.29) is 5.91 Å². The smallest absolute Gasteiger partial charge is 0.253 e. The SMILES string of the molecule is Cc1ccc(C(=O)N2CCN(Cc3nnnn3-c3ccc(F)c(F)c3)CC2)cc1C. The molecule has 7 nitrogen and oxygen atoms in total. The number of amides is 1. The highest BCUT2D eigenvalue weighted by molar-refractivity contribution is 5.94. The second-order valence-corrected chi connectivity index (χ2v) is 7.47. The van der Waals surface area contributed by atoms with Crippen LogP contribution in [0.15, 0.2) is 36.4 Å². The Kier molecular flexibility index (Phi) is 5.54. The van der Waals surface area contributed by atoms with Gasteiger partial charge in [-0.15, -0.1) is 5.10 Å². The fourth-order valence-corrected chi connectivity index (χ4v) is 3.49. The lowest BCUT2D eigenvalue weighted by Crippen LogP contribution is -2.48. The lowest BCUT2D eigenvalue weighted by molar-refractivity contribution is 0.0624. The molecule has 1 fully saturated rings. The Morgan fingerprint density at radius 3 is 2.43 bits per heavy atom. The lowest BCUT2D eigenvalue weighted by Gasteiger charge is -2.34. The maximum Gasteiger partial charge on any atom is 0.253 e. The van der Waals surface area contributed by atoms with Crippen LogP contribution in [-0.2, 0) is 6.54 Å². The molecule has 0 saturated carbocycles. The van der Waals surface area contributed by atoms with Gasteiger partial charge in [0, 0.05) is 37.8 Å². The normalized spacial score (nSPS) is 14.9. The summed E-state index contributed by atoms with van der Waals surface area (Å²) in [6.07, 6.45) is 0. The number of hydrogen-bond acceptors (Lipinski definition) is 5. The summed E-state index contributed by atoms with van der Waals surface area (Å²) >= 11 is 0. The van der Waals surface area contributed by atoms with Crippen molar-refractivity contribution in [2.45, 2.75) is 20.4 Å². The molecule has 0 N–H and O–H groups in total. The van der Waals surface area contributed by atoms with E-state index in [9.17, 15) is 13.6 Å². The molecule has 4 rings (SSSR count). The molecule has 0 atom stereocenters. The van der Waals surface area contributed by atoms with Crippen molar-refractivity contribution in [3.8, 4) is 5.69 Å². The van der Waals surface area contributed by atoms with E-state index in [1.807, 2.05) is 36.9 Å². The van der Waals surface area contributed by atoms with Crippen LogP contribution in [0.3, 0.4) is 0 Å². The Morgan fingerprint density at radius 2 is 1.73 bits per heavy atom. The van der Waals surface area contributed by atoms with Crippen molar-refractivity contribution in [2.75, 3.05) is 26.2 Å². The molecule has 0 unspecified atom stereocenters. The minimum Gasteiger partial charge on any atom is -0.336 e. The quantitative estimate of drug-likeness (QED) is 0.659. The lowest BCUT2D eigenvalue weighted by atomic mass is 10.1. The first-order valence-electron chi connectivity index (χ1n) is 9.74. The first-order valence-corrected chi connectivity index (χ1v) is 9.74. The molecule has 9 heteroatoms. The molecule has 3 aromatic rings. The number of piperazine rings is 1. The zero-order chi connectivity index (χ0) is 21.3. The fourth-order valence-electron chi connectivity index (χ4n) is 3.49. The van der Waals surface area contributed by atoms with E-state index in [1.165, 1.54) is 10.7 Å². The highest BCUT2D eigenvalue weighted by Gasteiger charge is 2.24. The molecule has 0 spiro atoms. The Morgan fingerprint density at radius 1 is 0.967 bits per heavy atom. The van der Waals surface area contributed by atoms with Crippen molar-refractivity contribution in [2.24, 2.45) is 0 Å². The maximum atomic E-state index is 13.6. The van der Waals surface area contributed by atoms with Crippen LogP contribution in [0.25, 0.3) is 5.69 Å². The van der Waals surface area contributed by atoms with Gasteiger partial charge in [-0.05, 0) is 59.7 Å². The van der Waals surface area contributed by atoms with Gasteiger partial charge in [0.15, 0.2) is 17.5 Å². The number of carbonyl (C=O) groups is 1. The van der Waals surface area contributed by atoms with Crippen molar-refractivity contribution in [3.05, 3.63) is 70.5 Å². The second-order valence-electron chi connectivity index (χ2n) is 7.47. The molecule has 2 aromatic carbocycles. The number of aryl methyl sites for hydroxylation is 2. The first kappa shape index (κ1) is 20.1. The van der Waals surface area contributed by atoms with Gasteiger partial charge in [0.2, 0.25) is 0 Å². The third-order valence-electron chi connectivity index (χ3n) is 5.46. The second kappa shape index (κ2) is 8.27. The summed E-state index contributed by atoms with van der Waals surface area (Å²) in [5, 5.41) is 11.6.